The Hall–Kier alpha value is -7.28. The van der Waals surface area contributed by atoms with Crippen LogP contribution >= 0.6 is 0 Å². The Morgan fingerprint density at radius 1 is 0.242 bits per heavy atom. The monoisotopic (exact) mass is 788 g/mol. The van der Waals surface area contributed by atoms with Gasteiger partial charge in [-0.25, -0.2) is 0 Å². The molecule has 292 valence electrons. The number of fused-ring (bicyclic) bond motifs is 15. The van der Waals surface area contributed by atoms with E-state index in [9.17, 15) is 0 Å². The van der Waals surface area contributed by atoms with Crippen LogP contribution in [0.4, 0.5) is 0 Å². The molecule has 0 N–H and O–H groups in total. The van der Waals surface area contributed by atoms with Crippen LogP contribution in [-0.4, -0.2) is 0 Å². The standard InChI is InChI=1S/C62H44/c1-61(2)54-28-16-15-20-43(54)44-34-33-39(35-55(44)61)57-48-24-11-9-22-46(48)56(47-23-10-12-25-49(47)57)38-31-29-37(30-32-38)52-36-53-58-45-21-8-5-17-40(45)41-18-6-14-27-51(41)60(58)62(3,4)59(53)50-26-13-7-19-42(50)52/h5-36H,1-4H3. The smallest absolute Gasteiger partial charge is 0.0171 e. The summed E-state index contributed by atoms with van der Waals surface area (Å²) in [5.41, 5.74) is 18.5. The van der Waals surface area contributed by atoms with Gasteiger partial charge in [0.1, 0.15) is 0 Å². The highest BCUT2D eigenvalue weighted by Gasteiger charge is 2.40. The third kappa shape index (κ3) is 4.67. The van der Waals surface area contributed by atoms with E-state index < -0.39 is 0 Å². The fraction of sp³-hybridized carbons (Fsp3) is 0.0968. The molecular formula is C62H44. The minimum atomic E-state index is -0.175. The van der Waals surface area contributed by atoms with Gasteiger partial charge >= 0.3 is 0 Å². The molecule has 11 aromatic carbocycles. The van der Waals surface area contributed by atoms with Crippen molar-refractivity contribution < 1.29 is 0 Å². The van der Waals surface area contributed by atoms with Crippen molar-refractivity contribution in [3.63, 3.8) is 0 Å². The summed E-state index contributed by atoms with van der Waals surface area (Å²) >= 11 is 0. The Kier molecular flexibility index (Phi) is 7.23. The van der Waals surface area contributed by atoms with Crippen LogP contribution in [0.2, 0.25) is 0 Å². The molecule has 0 fully saturated rings. The maximum Gasteiger partial charge on any atom is 0.0171 e. The normalized spacial score (nSPS) is 14.4. The molecule has 0 bridgehead atoms. The van der Waals surface area contributed by atoms with Gasteiger partial charge in [0.15, 0.2) is 0 Å². The summed E-state index contributed by atoms with van der Waals surface area (Å²) in [6.45, 7) is 9.62. The van der Waals surface area contributed by atoms with Crippen LogP contribution in [-0.2, 0) is 10.8 Å². The summed E-state index contributed by atoms with van der Waals surface area (Å²) in [5, 5.41) is 13.1. The van der Waals surface area contributed by atoms with Crippen LogP contribution in [0.5, 0.6) is 0 Å². The van der Waals surface area contributed by atoms with Crippen molar-refractivity contribution in [2.24, 2.45) is 0 Å². The summed E-state index contributed by atoms with van der Waals surface area (Å²) in [6.07, 6.45) is 0. The second-order valence-corrected chi connectivity index (χ2v) is 18.7. The van der Waals surface area contributed by atoms with Crippen molar-refractivity contribution in [3.8, 4) is 55.6 Å². The van der Waals surface area contributed by atoms with Gasteiger partial charge in [0.2, 0.25) is 0 Å². The zero-order chi connectivity index (χ0) is 41.5. The second-order valence-electron chi connectivity index (χ2n) is 18.7. The lowest BCUT2D eigenvalue weighted by Crippen LogP contribution is -2.16. The van der Waals surface area contributed by atoms with Gasteiger partial charge in [-0.05, 0) is 144 Å². The summed E-state index contributed by atoms with van der Waals surface area (Å²) < 4.78 is 0. The van der Waals surface area contributed by atoms with Gasteiger partial charge in [0.05, 0.1) is 0 Å². The van der Waals surface area contributed by atoms with Crippen molar-refractivity contribution in [1.29, 1.82) is 0 Å². The highest BCUT2D eigenvalue weighted by atomic mass is 14.4. The van der Waals surface area contributed by atoms with Crippen LogP contribution in [0.3, 0.4) is 0 Å². The van der Waals surface area contributed by atoms with Crippen LogP contribution in [0, 0.1) is 0 Å². The molecule has 0 amide bonds. The van der Waals surface area contributed by atoms with Gasteiger partial charge in [-0.3, -0.25) is 0 Å². The first kappa shape index (κ1) is 35.5. The molecule has 0 heteroatoms. The van der Waals surface area contributed by atoms with Gasteiger partial charge < -0.3 is 0 Å². The molecule has 0 spiro atoms. The second kappa shape index (κ2) is 12.6. The third-order valence-electron chi connectivity index (χ3n) is 14.8. The molecule has 0 nitrogen and oxygen atoms in total. The Bertz CT molecular complexity index is 3670. The van der Waals surface area contributed by atoms with Crippen LogP contribution < -0.4 is 0 Å². The average molecular weight is 789 g/mol. The van der Waals surface area contributed by atoms with E-state index in [2.05, 4.69) is 222 Å². The highest BCUT2D eigenvalue weighted by Crippen LogP contribution is 2.58. The third-order valence-corrected chi connectivity index (χ3v) is 14.8. The molecule has 0 heterocycles. The molecule has 0 atom stereocenters. The van der Waals surface area contributed by atoms with Gasteiger partial charge in [0, 0.05) is 10.8 Å². The van der Waals surface area contributed by atoms with E-state index in [4.69, 9.17) is 0 Å². The summed E-state index contributed by atoms with van der Waals surface area (Å²) in [4.78, 5) is 0. The molecule has 62 heavy (non-hydrogen) atoms. The zero-order valence-corrected chi connectivity index (χ0v) is 35.5. The van der Waals surface area contributed by atoms with Gasteiger partial charge in [0.25, 0.3) is 0 Å². The lowest BCUT2D eigenvalue weighted by atomic mass is 9.77. The summed E-state index contributed by atoms with van der Waals surface area (Å²) in [6, 6.07) is 73.3. The SMILES string of the molecule is CC1(C)c2ccccc2-c2ccc(-c3c4ccccc4c(-c4ccc(-c5cc6c(c7ccccc57)C(C)(C)c5c-6c6ccccc6c6ccccc56)cc4)c4ccccc34)cc21. The van der Waals surface area contributed by atoms with E-state index >= 15 is 0 Å². The Morgan fingerprint density at radius 3 is 1.27 bits per heavy atom. The zero-order valence-electron chi connectivity index (χ0n) is 35.5. The molecule has 13 rings (SSSR count). The number of rotatable bonds is 3. The van der Waals surface area contributed by atoms with Gasteiger partial charge in [-0.1, -0.05) is 210 Å². The highest BCUT2D eigenvalue weighted by molar-refractivity contribution is 6.23. The fourth-order valence-electron chi connectivity index (χ4n) is 12.1. The van der Waals surface area contributed by atoms with Crippen LogP contribution in [0.25, 0.3) is 109 Å². The first-order chi connectivity index (χ1) is 30.3. The molecule has 0 aliphatic heterocycles. The lowest BCUT2D eigenvalue weighted by Gasteiger charge is -2.25. The van der Waals surface area contributed by atoms with Crippen molar-refractivity contribution in [1.82, 2.24) is 0 Å². The van der Waals surface area contributed by atoms with Gasteiger partial charge in [-0.2, -0.15) is 0 Å². The number of hydrogen-bond acceptors (Lipinski definition) is 0. The van der Waals surface area contributed by atoms with Crippen LogP contribution in [0.15, 0.2) is 194 Å². The van der Waals surface area contributed by atoms with E-state index in [0.29, 0.717) is 0 Å². The van der Waals surface area contributed by atoms with E-state index in [-0.39, 0.29) is 10.8 Å². The predicted molar refractivity (Wildman–Crippen MR) is 265 cm³/mol. The molecule has 0 saturated carbocycles. The molecule has 0 unspecified atom stereocenters. The first-order valence-electron chi connectivity index (χ1n) is 22.1. The maximum atomic E-state index is 2.51. The fourth-order valence-corrected chi connectivity index (χ4v) is 12.1. The van der Waals surface area contributed by atoms with E-state index in [1.165, 1.54) is 132 Å². The van der Waals surface area contributed by atoms with Crippen molar-refractivity contribution in [2.75, 3.05) is 0 Å². The van der Waals surface area contributed by atoms with E-state index in [1.54, 1.807) is 0 Å². The van der Waals surface area contributed by atoms with E-state index in [0.717, 1.165) is 0 Å². The van der Waals surface area contributed by atoms with Crippen LogP contribution in [0.1, 0.15) is 49.9 Å². The first-order valence-corrected chi connectivity index (χ1v) is 22.1. The molecule has 0 radical (unpaired) electrons. The van der Waals surface area contributed by atoms with Crippen molar-refractivity contribution in [3.05, 3.63) is 216 Å². The van der Waals surface area contributed by atoms with Gasteiger partial charge in [-0.15, -0.1) is 0 Å². The quantitative estimate of drug-likeness (QED) is 0.124. The molecule has 2 aliphatic rings. The van der Waals surface area contributed by atoms with E-state index in [1.807, 2.05) is 0 Å². The largest absolute Gasteiger partial charge is 0.0619 e. The predicted octanol–water partition coefficient (Wildman–Crippen LogP) is 17.1. The summed E-state index contributed by atoms with van der Waals surface area (Å²) in [5.74, 6) is 0. The maximum absolute atomic E-state index is 2.51. The summed E-state index contributed by atoms with van der Waals surface area (Å²) in [7, 11) is 0. The van der Waals surface area contributed by atoms with Crippen molar-refractivity contribution in [2.45, 2.75) is 38.5 Å². The topological polar surface area (TPSA) is 0 Å². The molecule has 2 aliphatic carbocycles. The Balaban J connectivity index is 0.999. The average Bonchev–Trinajstić information content (AvgIpc) is 3.70. The molecule has 0 aromatic heterocycles. The Labute approximate surface area is 362 Å². The lowest BCUT2D eigenvalue weighted by molar-refractivity contribution is 0.660. The molecule has 0 saturated heterocycles. The minimum Gasteiger partial charge on any atom is -0.0619 e. The Morgan fingerprint density at radius 2 is 0.661 bits per heavy atom. The number of hydrogen-bond donors (Lipinski definition) is 0. The molecular weight excluding hydrogens is 745 g/mol. The van der Waals surface area contributed by atoms with Crippen molar-refractivity contribution >= 4 is 53.9 Å². The minimum absolute atomic E-state index is 0.0683. The number of benzene rings is 11. The molecule has 11 aromatic rings.